The second-order valence-corrected chi connectivity index (χ2v) is 6.29. The van der Waals surface area contributed by atoms with Crippen molar-refractivity contribution in [3.05, 3.63) is 28.8 Å². The van der Waals surface area contributed by atoms with Crippen molar-refractivity contribution in [2.24, 2.45) is 0 Å². The van der Waals surface area contributed by atoms with Crippen LogP contribution >= 0.6 is 11.6 Å². The molecule has 0 amide bonds. The number of nitrogens with zero attached hydrogens (tertiary/aromatic N) is 2. The molecule has 0 spiro atoms. The normalized spacial score (nSPS) is 24.4. The first-order valence-electron chi connectivity index (χ1n) is 7.76. The standard InChI is InChI=1S/C16H24ClN3O/c1-21-16-4-2-3-15(17)14(16)12-19-8-5-13(11-19)20-9-6-18-7-10-20/h2-4,13,18H,5-12H2,1H3. The second kappa shape index (κ2) is 6.97. The SMILES string of the molecule is COc1cccc(Cl)c1CN1CCC(N2CCNCC2)C1. The van der Waals surface area contributed by atoms with Gasteiger partial charge in [0.2, 0.25) is 0 Å². The Morgan fingerprint density at radius 3 is 2.86 bits per heavy atom. The van der Waals surface area contributed by atoms with Crippen molar-refractivity contribution in [3.63, 3.8) is 0 Å². The highest BCUT2D eigenvalue weighted by Gasteiger charge is 2.29. The zero-order chi connectivity index (χ0) is 14.7. The molecule has 2 saturated heterocycles. The Morgan fingerprint density at radius 1 is 1.29 bits per heavy atom. The van der Waals surface area contributed by atoms with Gasteiger partial charge in [0.05, 0.1) is 7.11 Å². The summed E-state index contributed by atoms with van der Waals surface area (Å²) in [6.45, 7) is 7.74. The van der Waals surface area contributed by atoms with Crippen LogP contribution in [0, 0.1) is 0 Å². The lowest BCUT2D eigenvalue weighted by atomic mass is 10.2. The number of benzene rings is 1. The lowest BCUT2D eigenvalue weighted by Crippen LogP contribution is -2.49. The van der Waals surface area contributed by atoms with Crippen molar-refractivity contribution in [1.29, 1.82) is 0 Å². The molecule has 0 aliphatic carbocycles. The van der Waals surface area contributed by atoms with Gasteiger partial charge in [0.25, 0.3) is 0 Å². The fourth-order valence-corrected chi connectivity index (χ4v) is 3.63. The van der Waals surface area contributed by atoms with Gasteiger partial charge in [0, 0.05) is 62.4 Å². The predicted molar refractivity (Wildman–Crippen MR) is 86.1 cm³/mol. The Balaban J connectivity index is 1.62. The van der Waals surface area contributed by atoms with Gasteiger partial charge in [-0.3, -0.25) is 9.80 Å². The maximum Gasteiger partial charge on any atom is 0.124 e. The van der Waals surface area contributed by atoms with Crippen molar-refractivity contribution < 1.29 is 4.74 Å². The molecule has 2 aliphatic heterocycles. The van der Waals surface area contributed by atoms with E-state index in [9.17, 15) is 0 Å². The van der Waals surface area contributed by atoms with Crippen LogP contribution in [0.15, 0.2) is 18.2 Å². The summed E-state index contributed by atoms with van der Waals surface area (Å²) in [5.41, 5.74) is 1.11. The molecule has 1 atom stereocenters. The molecule has 116 valence electrons. The number of hydrogen-bond donors (Lipinski definition) is 1. The van der Waals surface area contributed by atoms with E-state index >= 15 is 0 Å². The molecule has 0 saturated carbocycles. The van der Waals surface area contributed by atoms with Gasteiger partial charge in [0.1, 0.15) is 5.75 Å². The quantitative estimate of drug-likeness (QED) is 0.918. The Morgan fingerprint density at radius 2 is 2.10 bits per heavy atom. The summed E-state index contributed by atoms with van der Waals surface area (Å²) in [4.78, 5) is 5.12. The van der Waals surface area contributed by atoms with E-state index in [0.717, 1.165) is 49.1 Å². The van der Waals surface area contributed by atoms with Crippen molar-refractivity contribution in [3.8, 4) is 5.75 Å². The Bertz CT molecular complexity index is 477. The van der Waals surface area contributed by atoms with Gasteiger partial charge < -0.3 is 10.1 Å². The zero-order valence-corrected chi connectivity index (χ0v) is 13.4. The average molecular weight is 310 g/mol. The van der Waals surface area contributed by atoms with Gasteiger partial charge in [-0.15, -0.1) is 0 Å². The molecule has 0 aromatic heterocycles. The lowest BCUT2D eigenvalue weighted by Gasteiger charge is -2.32. The third-order valence-electron chi connectivity index (χ3n) is 4.59. The molecular formula is C16H24ClN3O. The highest BCUT2D eigenvalue weighted by atomic mass is 35.5. The van der Waals surface area contributed by atoms with E-state index in [-0.39, 0.29) is 0 Å². The number of piperazine rings is 1. The van der Waals surface area contributed by atoms with Gasteiger partial charge >= 0.3 is 0 Å². The van der Waals surface area contributed by atoms with Gasteiger partial charge in [-0.2, -0.15) is 0 Å². The van der Waals surface area contributed by atoms with E-state index in [1.165, 1.54) is 19.5 Å². The first-order valence-corrected chi connectivity index (χ1v) is 8.14. The summed E-state index contributed by atoms with van der Waals surface area (Å²) in [7, 11) is 1.71. The molecule has 2 fully saturated rings. The number of nitrogens with one attached hydrogen (secondary N) is 1. The fraction of sp³-hybridized carbons (Fsp3) is 0.625. The molecule has 1 aromatic rings. The molecule has 5 heteroatoms. The first kappa shape index (κ1) is 15.1. The lowest BCUT2D eigenvalue weighted by molar-refractivity contribution is 0.170. The number of ether oxygens (including phenoxy) is 1. The topological polar surface area (TPSA) is 27.7 Å². The van der Waals surface area contributed by atoms with Crippen LogP contribution in [0.2, 0.25) is 5.02 Å². The van der Waals surface area contributed by atoms with Crippen LogP contribution in [-0.2, 0) is 6.54 Å². The highest BCUT2D eigenvalue weighted by molar-refractivity contribution is 6.31. The second-order valence-electron chi connectivity index (χ2n) is 5.88. The Kier molecular flexibility index (Phi) is 5.01. The number of methoxy groups -OCH3 is 1. The van der Waals surface area contributed by atoms with Crippen molar-refractivity contribution >= 4 is 11.6 Å². The number of hydrogen-bond acceptors (Lipinski definition) is 4. The molecule has 1 N–H and O–H groups in total. The molecule has 0 radical (unpaired) electrons. The smallest absolute Gasteiger partial charge is 0.124 e. The summed E-state index contributed by atoms with van der Waals surface area (Å²) in [5, 5.41) is 4.23. The van der Waals surface area contributed by atoms with Crippen LogP contribution in [0.5, 0.6) is 5.75 Å². The third-order valence-corrected chi connectivity index (χ3v) is 4.95. The van der Waals surface area contributed by atoms with Gasteiger partial charge in [-0.05, 0) is 18.6 Å². The van der Waals surface area contributed by atoms with Crippen LogP contribution in [0.1, 0.15) is 12.0 Å². The monoisotopic (exact) mass is 309 g/mol. The van der Waals surface area contributed by atoms with E-state index in [2.05, 4.69) is 15.1 Å². The van der Waals surface area contributed by atoms with Gasteiger partial charge in [-0.25, -0.2) is 0 Å². The average Bonchev–Trinajstić information content (AvgIpc) is 2.99. The minimum absolute atomic E-state index is 0.695. The summed E-state index contributed by atoms with van der Waals surface area (Å²) in [6, 6.07) is 6.58. The maximum absolute atomic E-state index is 6.35. The summed E-state index contributed by atoms with van der Waals surface area (Å²) >= 11 is 6.35. The number of halogens is 1. The Labute approximate surface area is 132 Å². The molecule has 2 aliphatic rings. The molecule has 2 heterocycles. The van der Waals surface area contributed by atoms with E-state index < -0.39 is 0 Å². The van der Waals surface area contributed by atoms with Crippen LogP contribution < -0.4 is 10.1 Å². The molecular weight excluding hydrogens is 286 g/mol. The number of likely N-dealkylation sites (tertiary alicyclic amines) is 1. The van der Waals surface area contributed by atoms with Crippen LogP contribution in [-0.4, -0.2) is 62.2 Å². The maximum atomic E-state index is 6.35. The van der Waals surface area contributed by atoms with Crippen molar-refractivity contribution in [2.45, 2.75) is 19.0 Å². The van der Waals surface area contributed by atoms with Gasteiger partial charge in [0.15, 0.2) is 0 Å². The molecule has 3 rings (SSSR count). The largest absolute Gasteiger partial charge is 0.496 e. The summed E-state index contributed by atoms with van der Waals surface area (Å²) in [5.74, 6) is 0.896. The summed E-state index contributed by atoms with van der Waals surface area (Å²) in [6.07, 6.45) is 1.26. The van der Waals surface area contributed by atoms with Crippen molar-refractivity contribution in [2.75, 3.05) is 46.4 Å². The third kappa shape index (κ3) is 3.51. The minimum atomic E-state index is 0.695. The van der Waals surface area contributed by atoms with E-state index in [1.54, 1.807) is 7.11 Å². The Hall–Kier alpha value is -0.810. The molecule has 1 aromatic carbocycles. The van der Waals surface area contributed by atoms with Crippen LogP contribution in [0.3, 0.4) is 0 Å². The minimum Gasteiger partial charge on any atom is -0.496 e. The number of rotatable bonds is 4. The van der Waals surface area contributed by atoms with E-state index in [1.807, 2.05) is 18.2 Å². The summed E-state index contributed by atoms with van der Waals surface area (Å²) < 4.78 is 5.45. The van der Waals surface area contributed by atoms with Gasteiger partial charge in [-0.1, -0.05) is 17.7 Å². The van der Waals surface area contributed by atoms with E-state index in [4.69, 9.17) is 16.3 Å². The highest BCUT2D eigenvalue weighted by Crippen LogP contribution is 2.29. The molecule has 21 heavy (non-hydrogen) atoms. The van der Waals surface area contributed by atoms with Crippen molar-refractivity contribution in [1.82, 2.24) is 15.1 Å². The first-order chi connectivity index (χ1) is 10.3. The molecule has 1 unspecified atom stereocenters. The molecule has 0 bridgehead atoms. The van der Waals surface area contributed by atoms with E-state index in [0.29, 0.717) is 6.04 Å². The zero-order valence-electron chi connectivity index (χ0n) is 12.6. The fourth-order valence-electron chi connectivity index (χ4n) is 3.41. The van der Waals surface area contributed by atoms with Crippen LogP contribution in [0.25, 0.3) is 0 Å². The molecule has 4 nitrogen and oxygen atoms in total. The predicted octanol–water partition coefficient (Wildman–Crippen LogP) is 1.83. The van der Waals surface area contributed by atoms with Crippen LogP contribution in [0.4, 0.5) is 0 Å².